The van der Waals surface area contributed by atoms with E-state index in [2.05, 4.69) is 10.6 Å². The minimum atomic E-state index is -1.38. The van der Waals surface area contributed by atoms with Crippen LogP contribution in [0.25, 0.3) is 0 Å². The Hall–Kier alpha value is -1.37. The van der Waals surface area contributed by atoms with Crippen LogP contribution in [0.3, 0.4) is 0 Å². The summed E-state index contributed by atoms with van der Waals surface area (Å²) in [6, 6.07) is 3.94. The Morgan fingerprint density at radius 3 is 2.46 bits per heavy atom. The van der Waals surface area contributed by atoms with Crippen LogP contribution in [0.4, 0.5) is 0 Å². The molecule has 142 valence electrons. The summed E-state index contributed by atoms with van der Waals surface area (Å²) < 4.78 is -2.05. The summed E-state index contributed by atoms with van der Waals surface area (Å²) in [6.45, 7) is 3.52. The first-order valence-corrected chi connectivity index (χ1v) is 9.64. The Labute approximate surface area is 168 Å². The largest absolute Gasteiger partial charge is 0.508 e. The van der Waals surface area contributed by atoms with Crippen LogP contribution in [0.15, 0.2) is 24.3 Å². The molecule has 0 bridgehead atoms. The minimum Gasteiger partial charge on any atom is -0.508 e. The van der Waals surface area contributed by atoms with Gasteiger partial charge < -0.3 is 21.3 Å². The van der Waals surface area contributed by atoms with Crippen molar-refractivity contribution in [3.8, 4) is 5.75 Å². The number of hydrogen-bond donors (Lipinski definition) is 5. The number of nitrogens with two attached hydrogens (primary N) is 1. The summed E-state index contributed by atoms with van der Waals surface area (Å²) in [5, 5.41) is 23.5. The summed E-state index contributed by atoms with van der Waals surface area (Å²) in [5.41, 5.74) is 6.42. The van der Waals surface area contributed by atoms with Crippen molar-refractivity contribution in [1.29, 1.82) is 0 Å². The van der Waals surface area contributed by atoms with Crippen molar-refractivity contribution in [2.24, 2.45) is 5.73 Å². The molecule has 1 aromatic carbocycles. The number of carbonyl (C=O) groups excluding carboxylic acids is 2. The van der Waals surface area contributed by atoms with Crippen LogP contribution >= 0.6 is 34.4 Å². The predicted octanol–water partition coefficient (Wildman–Crippen LogP) is 0.733. The maximum atomic E-state index is 12.5. The maximum absolute atomic E-state index is 12.5. The van der Waals surface area contributed by atoms with Crippen LogP contribution in [0.1, 0.15) is 25.5 Å². The molecule has 4 unspecified atom stereocenters. The summed E-state index contributed by atoms with van der Waals surface area (Å²) in [7, 11) is 0. The van der Waals surface area contributed by atoms with Gasteiger partial charge in [-0.15, -0.1) is 11.8 Å². The molecule has 0 aromatic heterocycles. The average molecular weight is 493 g/mol. The van der Waals surface area contributed by atoms with Crippen molar-refractivity contribution < 1.29 is 24.6 Å². The van der Waals surface area contributed by atoms with E-state index in [1.54, 1.807) is 36.4 Å². The lowest BCUT2D eigenvalue weighted by atomic mass is 10.0. The van der Waals surface area contributed by atoms with Crippen LogP contribution in [0, 0.1) is 0 Å². The Balaban J connectivity index is 2.16. The third-order valence-corrected chi connectivity index (χ3v) is 7.24. The van der Waals surface area contributed by atoms with Crippen LogP contribution < -0.4 is 16.4 Å². The second-order valence-corrected chi connectivity index (χ2v) is 10.0. The van der Waals surface area contributed by atoms with Crippen molar-refractivity contribution in [2.45, 2.75) is 39.6 Å². The number of nitrogens with one attached hydrogen (secondary N) is 2. The zero-order chi connectivity index (χ0) is 19.7. The van der Waals surface area contributed by atoms with Gasteiger partial charge in [-0.05, 0) is 54.1 Å². The van der Waals surface area contributed by atoms with Crippen molar-refractivity contribution >= 4 is 52.5 Å². The molecule has 1 aliphatic rings. The fourth-order valence-corrected chi connectivity index (χ4v) is 4.82. The zero-order valence-corrected chi connectivity index (χ0v) is 17.1. The number of phenols is 1. The summed E-state index contributed by atoms with van der Waals surface area (Å²) in [4.78, 5) is 35.7. The molecule has 1 aliphatic heterocycles. The number of carboxylic acids is 1. The molecule has 1 amide bonds. The van der Waals surface area contributed by atoms with Gasteiger partial charge in [0.2, 0.25) is 5.91 Å². The van der Waals surface area contributed by atoms with Crippen LogP contribution in [-0.4, -0.2) is 48.1 Å². The molecule has 4 atom stereocenters. The van der Waals surface area contributed by atoms with Crippen LogP contribution in [-0.2, 0) is 14.4 Å². The van der Waals surface area contributed by atoms with Crippen molar-refractivity contribution in [2.75, 3.05) is 0 Å². The fraction of sp³-hybridized carbons (Fsp3) is 0.438. The molecule has 8 nitrogen and oxygen atoms in total. The first kappa shape index (κ1) is 20.9. The number of aliphatic carboxylic acids is 1. The molecule has 0 saturated carbocycles. The number of aromatic hydroxyl groups is 1. The standard InChI is InChI=1S/C16H20IN3O5S/c1-15(2)11(13(24)25)19-14(26-15)16(17,7-21)20-12(23)10(18)8-3-5-9(22)6-4-8/h3-7,10-11,14,19,22H,18H2,1-2H3,(H,20,23)(H,24,25). The van der Waals surface area contributed by atoms with Crippen molar-refractivity contribution in [3.63, 3.8) is 0 Å². The first-order chi connectivity index (χ1) is 12.0. The number of benzene rings is 1. The van der Waals surface area contributed by atoms with E-state index in [4.69, 9.17) is 5.73 Å². The lowest BCUT2D eigenvalue weighted by Crippen LogP contribution is -2.58. The Morgan fingerprint density at radius 2 is 2.00 bits per heavy atom. The van der Waals surface area contributed by atoms with Gasteiger partial charge in [0.1, 0.15) is 17.8 Å². The molecule has 0 aliphatic carbocycles. The lowest BCUT2D eigenvalue weighted by Gasteiger charge is -2.30. The number of alkyl halides is 1. The number of rotatable bonds is 6. The molecule has 1 aromatic rings. The van der Waals surface area contributed by atoms with E-state index in [9.17, 15) is 24.6 Å². The van der Waals surface area contributed by atoms with E-state index in [1.807, 2.05) is 0 Å². The highest BCUT2D eigenvalue weighted by atomic mass is 127. The number of carbonyl (C=O) groups is 3. The molecular formula is C16H20IN3O5S. The number of amides is 1. The fourth-order valence-electron chi connectivity index (χ4n) is 2.59. The van der Waals surface area contributed by atoms with E-state index < -0.39 is 37.6 Å². The van der Waals surface area contributed by atoms with Gasteiger partial charge in [0.25, 0.3) is 0 Å². The number of halogens is 1. The second kappa shape index (κ2) is 7.71. The zero-order valence-electron chi connectivity index (χ0n) is 14.1. The van der Waals surface area contributed by atoms with Crippen LogP contribution in [0.5, 0.6) is 5.75 Å². The van der Waals surface area contributed by atoms with E-state index in [0.717, 1.165) is 0 Å². The van der Waals surface area contributed by atoms with Gasteiger partial charge in [0.15, 0.2) is 9.83 Å². The molecule has 1 heterocycles. The monoisotopic (exact) mass is 493 g/mol. The highest BCUT2D eigenvalue weighted by molar-refractivity contribution is 14.1. The van der Waals surface area contributed by atoms with Crippen molar-refractivity contribution in [1.82, 2.24) is 10.6 Å². The number of phenolic OH excluding ortho intramolecular Hbond substituents is 1. The third kappa shape index (κ3) is 4.30. The SMILES string of the molecule is CC1(C)SC(C(I)(C=O)NC(=O)C(N)c2ccc(O)cc2)NC1C(=O)O. The van der Waals surface area contributed by atoms with Crippen LogP contribution in [0.2, 0.25) is 0 Å². The highest BCUT2D eigenvalue weighted by Gasteiger charge is 2.53. The third-order valence-electron chi connectivity index (χ3n) is 4.08. The average Bonchev–Trinajstić information content (AvgIpc) is 2.91. The second-order valence-electron chi connectivity index (χ2n) is 6.48. The molecule has 1 fully saturated rings. The predicted molar refractivity (Wildman–Crippen MR) is 106 cm³/mol. The Bertz CT molecular complexity index is 714. The number of aldehydes is 1. The molecule has 10 heteroatoms. The smallest absolute Gasteiger partial charge is 0.322 e. The first-order valence-electron chi connectivity index (χ1n) is 7.68. The molecule has 2 rings (SSSR count). The van der Waals surface area contributed by atoms with Gasteiger partial charge in [-0.3, -0.25) is 19.7 Å². The van der Waals surface area contributed by atoms with Gasteiger partial charge in [0.05, 0.1) is 5.37 Å². The van der Waals surface area contributed by atoms with Crippen molar-refractivity contribution in [3.05, 3.63) is 29.8 Å². The summed E-state index contributed by atoms with van der Waals surface area (Å²) >= 11 is 3.06. The lowest BCUT2D eigenvalue weighted by molar-refractivity contribution is -0.140. The molecule has 26 heavy (non-hydrogen) atoms. The van der Waals surface area contributed by atoms with Gasteiger partial charge >= 0.3 is 5.97 Å². The van der Waals surface area contributed by atoms with E-state index >= 15 is 0 Å². The number of hydrogen-bond acceptors (Lipinski definition) is 7. The molecular weight excluding hydrogens is 473 g/mol. The van der Waals surface area contributed by atoms with E-state index in [-0.39, 0.29) is 5.75 Å². The normalized spacial score (nSPS) is 25.1. The summed E-state index contributed by atoms with van der Waals surface area (Å²) in [5.74, 6) is -1.57. The van der Waals surface area contributed by atoms with Gasteiger partial charge in [-0.25, -0.2) is 0 Å². The maximum Gasteiger partial charge on any atom is 0.322 e. The highest BCUT2D eigenvalue weighted by Crippen LogP contribution is 2.43. The Morgan fingerprint density at radius 1 is 1.42 bits per heavy atom. The molecule has 1 saturated heterocycles. The van der Waals surface area contributed by atoms with Gasteiger partial charge in [-0.2, -0.15) is 0 Å². The van der Waals surface area contributed by atoms with Gasteiger partial charge in [-0.1, -0.05) is 12.1 Å². The quantitative estimate of drug-likeness (QED) is 0.169. The number of thioether (sulfide) groups is 1. The molecule has 0 radical (unpaired) electrons. The number of carboxylic acid groups (broad SMARTS) is 1. The minimum absolute atomic E-state index is 0.0472. The topological polar surface area (TPSA) is 142 Å². The molecule has 6 N–H and O–H groups in total. The van der Waals surface area contributed by atoms with E-state index in [1.165, 1.54) is 36.0 Å². The van der Waals surface area contributed by atoms with Gasteiger partial charge in [0, 0.05) is 4.75 Å². The Kier molecular flexibility index (Phi) is 6.20. The van der Waals surface area contributed by atoms with E-state index in [0.29, 0.717) is 11.8 Å². The summed E-state index contributed by atoms with van der Waals surface area (Å²) in [6.07, 6.45) is 0.569. The molecule has 0 spiro atoms.